The van der Waals surface area contributed by atoms with Crippen LogP contribution in [0.3, 0.4) is 0 Å². The van der Waals surface area contributed by atoms with Crippen LogP contribution in [0, 0.1) is 0 Å². The fraction of sp³-hybridized carbons (Fsp3) is 0.500. The number of amides is 1. The number of nitrogens with one attached hydrogen (secondary N) is 1. The van der Waals surface area contributed by atoms with Gasteiger partial charge in [-0.1, -0.05) is 0 Å². The van der Waals surface area contributed by atoms with E-state index in [1.807, 2.05) is 0 Å². The third-order valence-electron chi connectivity index (χ3n) is 4.14. The van der Waals surface area contributed by atoms with Crippen molar-refractivity contribution in [3.8, 4) is 0 Å². The van der Waals surface area contributed by atoms with E-state index in [2.05, 4.69) is 10.2 Å². The van der Waals surface area contributed by atoms with Gasteiger partial charge in [-0.3, -0.25) is 9.69 Å². The minimum absolute atomic E-state index is 0. The van der Waals surface area contributed by atoms with Crippen LogP contribution in [0.4, 0.5) is 5.69 Å². The molecule has 24 heavy (non-hydrogen) atoms. The zero-order valence-electron chi connectivity index (χ0n) is 13.1. The summed E-state index contributed by atoms with van der Waals surface area (Å²) in [6, 6.07) is 4.71. The first-order valence-electron chi connectivity index (χ1n) is 7.34. The van der Waals surface area contributed by atoms with Crippen molar-refractivity contribution in [2.75, 3.05) is 44.2 Å². The van der Waals surface area contributed by atoms with Crippen molar-refractivity contribution in [1.29, 1.82) is 0 Å². The molecule has 0 aromatic heterocycles. The number of fused-ring (bicyclic) bond motifs is 1. The Kier molecular flexibility index (Phi) is 7.45. The summed E-state index contributed by atoms with van der Waals surface area (Å²) in [7, 11) is -3.70. The summed E-state index contributed by atoms with van der Waals surface area (Å²) in [5.41, 5.74) is 1.66. The number of nitrogens with zero attached hydrogens (tertiary/aromatic N) is 2. The molecule has 1 saturated heterocycles. The van der Waals surface area contributed by atoms with E-state index in [-0.39, 0.29) is 35.6 Å². The quantitative estimate of drug-likeness (QED) is 0.747. The number of hydrogen-bond donors (Lipinski definition) is 2. The summed E-state index contributed by atoms with van der Waals surface area (Å²) in [6.07, 6.45) is 0.659. The Morgan fingerprint density at radius 2 is 1.83 bits per heavy atom. The highest BCUT2D eigenvalue weighted by molar-refractivity contribution is 7.89. The molecular formula is C14H22Cl2N4O3S. The van der Waals surface area contributed by atoms with Gasteiger partial charge in [0.1, 0.15) is 0 Å². The lowest BCUT2D eigenvalue weighted by molar-refractivity contribution is -0.119. The van der Waals surface area contributed by atoms with Crippen LogP contribution in [0.2, 0.25) is 0 Å². The zero-order chi connectivity index (χ0) is 15.7. The molecule has 0 unspecified atom stereocenters. The average Bonchev–Trinajstić information content (AvgIpc) is 2.90. The number of rotatable bonds is 3. The Balaban J connectivity index is 0.00000144. The molecule has 1 fully saturated rings. The number of carbonyl (C=O) groups is 1. The maximum absolute atomic E-state index is 12.5. The van der Waals surface area contributed by atoms with Gasteiger partial charge in [0.15, 0.2) is 0 Å². The Bertz CT molecular complexity index is 693. The number of nitrogens with two attached hydrogens (primary N) is 1. The molecule has 2 aliphatic heterocycles. The molecule has 1 aromatic rings. The van der Waals surface area contributed by atoms with Gasteiger partial charge in [-0.25, -0.2) is 13.6 Å². The fourth-order valence-corrected chi connectivity index (χ4v) is 3.52. The largest absolute Gasteiger partial charge is 0.314 e. The molecule has 1 amide bonds. The number of benzene rings is 1. The second-order valence-electron chi connectivity index (χ2n) is 5.66. The lowest BCUT2D eigenvalue weighted by atomic mass is 10.2. The van der Waals surface area contributed by atoms with E-state index in [0.29, 0.717) is 19.5 Å². The van der Waals surface area contributed by atoms with Crippen LogP contribution in [-0.4, -0.2) is 58.5 Å². The van der Waals surface area contributed by atoms with Crippen molar-refractivity contribution in [3.63, 3.8) is 0 Å². The van der Waals surface area contributed by atoms with Gasteiger partial charge in [0.25, 0.3) is 0 Å². The first-order valence-corrected chi connectivity index (χ1v) is 8.89. The molecule has 0 aliphatic carbocycles. The van der Waals surface area contributed by atoms with Crippen LogP contribution < -0.4 is 15.4 Å². The smallest absolute Gasteiger partial charge is 0.241 e. The molecule has 1 aromatic carbocycles. The standard InChI is InChI=1S/C14H20N4O3S.2ClH/c15-22(20,21)12-1-2-13-11(9-12)3-6-18(13)14(19)10-17-7-4-16-5-8-17;;/h1-2,9,16H,3-8,10H2,(H2,15,20,21);2*1H. The highest BCUT2D eigenvalue weighted by Crippen LogP contribution is 2.30. The Hall–Kier alpha value is -0.900. The van der Waals surface area contributed by atoms with Gasteiger partial charge >= 0.3 is 0 Å². The van der Waals surface area contributed by atoms with Crippen LogP contribution in [0.1, 0.15) is 5.56 Å². The third-order valence-corrected chi connectivity index (χ3v) is 5.06. The molecule has 136 valence electrons. The van der Waals surface area contributed by atoms with Crippen molar-refractivity contribution in [3.05, 3.63) is 23.8 Å². The minimum Gasteiger partial charge on any atom is -0.314 e. The number of carbonyl (C=O) groups excluding carboxylic acids is 1. The Morgan fingerprint density at radius 1 is 1.17 bits per heavy atom. The van der Waals surface area contributed by atoms with Gasteiger partial charge in [-0.05, 0) is 30.2 Å². The Labute approximate surface area is 154 Å². The SMILES string of the molecule is Cl.Cl.NS(=O)(=O)c1ccc2c(c1)CCN2C(=O)CN1CCNCC1. The van der Waals surface area contributed by atoms with Crippen molar-refractivity contribution in [2.45, 2.75) is 11.3 Å². The van der Waals surface area contributed by atoms with Crippen LogP contribution in [0.15, 0.2) is 23.1 Å². The highest BCUT2D eigenvalue weighted by Gasteiger charge is 2.27. The number of sulfonamides is 1. The lowest BCUT2D eigenvalue weighted by Gasteiger charge is -2.28. The molecule has 2 aliphatic rings. The number of hydrogen-bond acceptors (Lipinski definition) is 5. The second-order valence-corrected chi connectivity index (χ2v) is 7.22. The molecule has 0 saturated carbocycles. The average molecular weight is 397 g/mol. The molecular weight excluding hydrogens is 375 g/mol. The van der Waals surface area contributed by atoms with Crippen molar-refractivity contribution >= 4 is 46.4 Å². The summed E-state index contributed by atoms with van der Waals surface area (Å²) in [6.45, 7) is 4.54. The van der Waals surface area contributed by atoms with Crippen LogP contribution >= 0.6 is 24.8 Å². The van der Waals surface area contributed by atoms with Crippen LogP contribution in [0.25, 0.3) is 0 Å². The van der Waals surface area contributed by atoms with E-state index in [4.69, 9.17) is 5.14 Å². The summed E-state index contributed by atoms with van der Waals surface area (Å²) < 4.78 is 22.8. The van der Waals surface area contributed by atoms with Gasteiger partial charge in [0, 0.05) is 38.4 Å². The molecule has 2 heterocycles. The molecule has 0 atom stereocenters. The van der Waals surface area contributed by atoms with Crippen LogP contribution in [-0.2, 0) is 21.2 Å². The molecule has 3 N–H and O–H groups in total. The van der Waals surface area contributed by atoms with Gasteiger partial charge in [0.2, 0.25) is 15.9 Å². The van der Waals surface area contributed by atoms with E-state index >= 15 is 0 Å². The summed E-state index contributed by atoms with van der Waals surface area (Å²) in [4.78, 5) is 16.5. The molecule has 7 nitrogen and oxygen atoms in total. The van der Waals surface area contributed by atoms with Gasteiger partial charge in [0.05, 0.1) is 11.4 Å². The van der Waals surface area contributed by atoms with Crippen molar-refractivity contribution in [2.24, 2.45) is 5.14 Å². The lowest BCUT2D eigenvalue weighted by Crippen LogP contribution is -2.48. The number of primary sulfonamides is 1. The fourth-order valence-electron chi connectivity index (χ4n) is 2.96. The normalized spacial score (nSPS) is 17.6. The first kappa shape index (κ1) is 21.1. The summed E-state index contributed by atoms with van der Waals surface area (Å²) in [5.74, 6) is 0.0593. The predicted molar refractivity (Wildman–Crippen MR) is 97.7 cm³/mol. The minimum atomic E-state index is -3.70. The van der Waals surface area contributed by atoms with E-state index < -0.39 is 10.0 Å². The van der Waals surface area contributed by atoms with Gasteiger partial charge < -0.3 is 10.2 Å². The summed E-state index contributed by atoms with van der Waals surface area (Å²) >= 11 is 0. The van der Waals surface area contributed by atoms with E-state index in [9.17, 15) is 13.2 Å². The maximum Gasteiger partial charge on any atom is 0.241 e. The first-order chi connectivity index (χ1) is 10.4. The maximum atomic E-state index is 12.5. The number of halogens is 2. The molecule has 0 radical (unpaired) electrons. The topological polar surface area (TPSA) is 95.7 Å². The summed E-state index contributed by atoms with van der Waals surface area (Å²) in [5, 5.41) is 8.41. The predicted octanol–water partition coefficient (Wildman–Crippen LogP) is -0.0281. The van der Waals surface area contributed by atoms with Gasteiger partial charge in [-0.2, -0.15) is 0 Å². The van der Waals surface area contributed by atoms with Gasteiger partial charge in [-0.15, -0.1) is 24.8 Å². The number of anilines is 1. The highest BCUT2D eigenvalue weighted by atomic mass is 35.5. The Morgan fingerprint density at radius 3 is 2.46 bits per heavy atom. The van der Waals surface area contributed by atoms with E-state index in [1.165, 1.54) is 6.07 Å². The van der Waals surface area contributed by atoms with Crippen molar-refractivity contribution in [1.82, 2.24) is 10.2 Å². The van der Waals surface area contributed by atoms with E-state index in [1.54, 1.807) is 17.0 Å². The molecule has 0 spiro atoms. The number of piperazine rings is 1. The van der Waals surface area contributed by atoms with Crippen molar-refractivity contribution < 1.29 is 13.2 Å². The van der Waals surface area contributed by atoms with Crippen LogP contribution in [0.5, 0.6) is 0 Å². The van der Waals surface area contributed by atoms with E-state index in [0.717, 1.165) is 37.4 Å². The molecule has 3 rings (SSSR count). The zero-order valence-corrected chi connectivity index (χ0v) is 15.6. The molecule has 10 heteroatoms. The monoisotopic (exact) mass is 396 g/mol. The third kappa shape index (κ3) is 4.59. The second kappa shape index (κ2) is 8.46. The molecule has 0 bridgehead atoms.